The Morgan fingerprint density at radius 1 is 1.50 bits per heavy atom. The molecule has 100 valence electrons. The molecule has 0 amide bonds. The molecule has 2 rings (SSSR count). The summed E-state index contributed by atoms with van der Waals surface area (Å²) in [5, 5.41) is 0.580. The van der Waals surface area contributed by atoms with Gasteiger partial charge in [0.05, 0.1) is 11.7 Å². The average molecular weight is 317 g/mol. The highest BCUT2D eigenvalue weighted by atomic mass is 79.9. The highest BCUT2D eigenvalue weighted by Crippen LogP contribution is 2.31. The van der Waals surface area contributed by atoms with Crippen LogP contribution in [-0.4, -0.2) is 18.3 Å². The molecule has 0 saturated carbocycles. The zero-order valence-electron chi connectivity index (χ0n) is 10.7. The molecule has 0 aliphatic carbocycles. The Hall–Kier alpha value is -0.610. The van der Waals surface area contributed by atoms with Crippen LogP contribution in [0.2, 0.25) is 0 Å². The van der Waals surface area contributed by atoms with E-state index < -0.39 is 0 Å². The average Bonchev–Trinajstić information content (AvgIpc) is 2.67. The van der Waals surface area contributed by atoms with Crippen LogP contribution in [-0.2, 0) is 10.1 Å². The molecular weight excluding hydrogens is 299 g/mol. The molecule has 18 heavy (non-hydrogen) atoms. The van der Waals surface area contributed by atoms with Gasteiger partial charge in [-0.3, -0.25) is 0 Å². The van der Waals surface area contributed by atoms with Crippen LogP contribution in [0.5, 0.6) is 5.75 Å². The normalized spacial score (nSPS) is 22.1. The summed E-state index contributed by atoms with van der Waals surface area (Å²) in [4.78, 5) is 0. The van der Waals surface area contributed by atoms with E-state index in [1.54, 1.807) is 6.07 Å². The smallest absolute Gasteiger partial charge is 0.165 e. The van der Waals surface area contributed by atoms with Crippen molar-refractivity contribution in [3.05, 3.63) is 29.6 Å². The lowest BCUT2D eigenvalue weighted by atomic mass is 10.1. The summed E-state index contributed by atoms with van der Waals surface area (Å²) in [5.74, 6) is 0.0203. The molecule has 1 unspecified atom stereocenters. The fourth-order valence-corrected chi connectivity index (χ4v) is 2.63. The van der Waals surface area contributed by atoms with Gasteiger partial charge in [-0.2, -0.15) is 0 Å². The van der Waals surface area contributed by atoms with Gasteiger partial charge in [-0.05, 0) is 32.8 Å². The highest BCUT2D eigenvalue weighted by Gasteiger charge is 2.32. The third-order valence-corrected chi connectivity index (χ3v) is 3.76. The molecule has 1 saturated heterocycles. The summed E-state index contributed by atoms with van der Waals surface area (Å²) in [6.45, 7) is 4.55. The predicted octanol–water partition coefficient (Wildman–Crippen LogP) is 4.06. The van der Waals surface area contributed by atoms with Crippen LogP contribution in [0.3, 0.4) is 0 Å². The Labute approximate surface area is 116 Å². The molecule has 1 atom stereocenters. The second-order valence-corrected chi connectivity index (χ2v) is 5.77. The Kier molecular flexibility index (Phi) is 4.28. The second-order valence-electron chi connectivity index (χ2n) is 5.21. The molecule has 0 bridgehead atoms. The molecule has 1 aliphatic rings. The highest BCUT2D eigenvalue weighted by molar-refractivity contribution is 9.08. The van der Waals surface area contributed by atoms with E-state index in [4.69, 9.17) is 9.47 Å². The van der Waals surface area contributed by atoms with Crippen molar-refractivity contribution in [3.63, 3.8) is 0 Å². The zero-order valence-corrected chi connectivity index (χ0v) is 12.3. The standard InChI is InChI=1S/C14H18BrFO2/c1-14(2)7-6-11(18-14)9-17-13-10(8-15)4-3-5-12(13)16/h3-5,11H,6-9H2,1-2H3. The van der Waals surface area contributed by atoms with Gasteiger partial charge in [0.2, 0.25) is 0 Å². The molecule has 0 N–H and O–H groups in total. The lowest BCUT2D eigenvalue weighted by Crippen LogP contribution is -2.24. The van der Waals surface area contributed by atoms with Crippen LogP contribution in [0.4, 0.5) is 4.39 Å². The Balaban J connectivity index is 1.98. The quantitative estimate of drug-likeness (QED) is 0.780. The monoisotopic (exact) mass is 316 g/mol. The summed E-state index contributed by atoms with van der Waals surface area (Å²) in [6, 6.07) is 4.96. The minimum atomic E-state index is -0.316. The number of hydrogen-bond donors (Lipinski definition) is 0. The molecule has 4 heteroatoms. The number of rotatable bonds is 4. The van der Waals surface area contributed by atoms with Crippen molar-refractivity contribution in [2.24, 2.45) is 0 Å². The number of ether oxygens (including phenoxy) is 2. The van der Waals surface area contributed by atoms with Gasteiger partial charge in [-0.15, -0.1) is 0 Å². The summed E-state index contributed by atoms with van der Waals surface area (Å²) in [7, 11) is 0. The van der Waals surface area contributed by atoms with Gasteiger partial charge < -0.3 is 9.47 Å². The van der Waals surface area contributed by atoms with Gasteiger partial charge >= 0.3 is 0 Å². The van der Waals surface area contributed by atoms with Crippen molar-refractivity contribution in [2.75, 3.05) is 6.61 Å². The molecule has 0 radical (unpaired) electrons. The van der Waals surface area contributed by atoms with Gasteiger partial charge in [0, 0.05) is 10.9 Å². The molecule has 1 aromatic rings. The van der Waals surface area contributed by atoms with Crippen molar-refractivity contribution in [2.45, 2.75) is 43.7 Å². The van der Waals surface area contributed by atoms with Crippen LogP contribution in [0.15, 0.2) is 18.2 Å². The van der Waals surface area contributed by atoms with Gasteiger partial charge in [0.1, 0.15) is 6.61 Å². The van der Waals surface area contributed by atoms with Gasteiger partial charge in [-0.25, -0.2) is 4.39 Å². The molecule has 0 aromatic heterocycles. The SMILES string of the molecule is CC1(C)CCC(COc2c(F)cccc2CBr)O1. The first kappa shape index (κ1) is 13.8. The minimum absolute atomic E-state index is 0.0581. The van der Waals surface area contributed by atoms with E-state index in [9.17, 15) is 4.39 Å². The van der Waals surface area contributed by atoms with Crippen molar-refractivity contribution in [1.82, 2.24) is 0 Å². The van der Waals surface area contributed by atoms with E-state index in [2.05, 4.69) is 29.8 Å². The largest absolute Gasteiger partial charge is 0.487 e. The molecular formula is C14H18BrFO2. The van der Waals surface area contributed by atoms with Crippen molar-refractivity contribution >= 4 is 15.9 Å². The fourth-order valence-electron chi connectivity index (χ4n) is 2.19. The summed E-state index contributed by atoms with van der Waals surface area (Å²) >= 11 is 3.34. The predicted molar refractivity (Wildman–Crippen MR) is 72.7 cm³/mol. The number of para-hydroxylation sites is 1. The fraction of sp³-hybridized carbons (Fsp3) is 0.571. The van der Waals surface area contributed by atoms with Crippen molar-refractivity contribution in [3.8, 4) is 5.75 Å². The molecule has 2 nitrogen and oxygen atoms in total. The van der Waals surface area contributed by atoms with E-state index in [0.29, 0.717) is 17.7 Å². The summed E-state index contributed by atoms with van der Waals surface area (Å²) in [5.41, 5.74) is 0.744. The number of halogens is 2. The molecule has 0 spiro atoms. The van der Waals surface area contributed by atoms with Gasteiger partial charge in [-0.1, -0.05) is 28.1 Å². The maximum absolute atomic E-state index is 13.7. The van der Waals surface area contributed by atoms with Crippen LogP contribution in [0, 0.1) is 5.82 Å². The lowest BCUT2D eigenvalue weighted by Gasteiger charge is -2.20. The van der Waals surface area contributed by atoms with Crippen LogP contribution in [0.25, 0.3) is 0 Å². The first-order valence-corrected chi connectivity index (χ1v) is 7.28. The zero-order chi connectivity index (χ0) is 13.2. The van der Waals surface area contributed by atoms with Crippen LogP contribution in [0.1, 0.15) is 32.3 Å². The summed E-state index contributed by atoms with van der Waals surface area (Å²) < 4.78 is 25.1. The van der Waals surface area contributed by atoms with Crippen molar-refractivity contribution in [1.29, 1.82) is 0 Å². The first-order valence-electron chi connectivity index (χ1n) is 6.16. The number of alkyl halides is 1. The number of hydrogen-bond acceptors (Lipinski definition) is 2. The van der Waals surface area contributed by atoms with Gasteiger partial charge in [0.25, 0.3) is 0 Å². The van der Waals surface area contributed by atoms with Gasteiger partial charge in [0.15, 0.2) is 11.6 Å². The molecule has 1 heterocycles. The van der Waals surface area contributed by atoms with E-state index in [-0.39, 0.29) is 17.5 Å². The summed E-state index contributed by atoms with van der Waals surface area (Å²) in [6.07, 6.45) is 2.04. The first-order chi connectivity index (χ1) is 8.52. The molecule has 1 aromatic carbocycles. The number of benzene rings is 1. The third-order valence-electron chi connectivity index (χ3n) is 3.16. The second kappa shape index (κ2) is 5.57. The van der Waals surface area contributed by atoms with Crippen LogP contribution >= 0.6 is 15.9 Å². The maximum Gasteiger partial charge on any atom is 0.165 e. The topological polar surface area (TPSA) is 18.5 Å². The van der Waals surface area contributed by atoms with E-state index in [1.807, 2.05) is 6.07 Å². The Morgan fingerprint density at radius 3 is 2.89 bits per heavy atom. The Morgan fingerprint density at radius 2 is 2.28 bits per heavy atom. The van der Waals surface area contributed by atoms with E-state index in [0.717, 1.165) is 18.4 Å². The van der Waals surface area contributed by atoms with Crippen LogP contribution < -0.4 is 4.74 Å². The molecule has 1 fully saturated rings. The third kappa shape index (κ3) is 3.23. The van der Waals surface area contributed by atoms with E-state index in [1.165, 1.54) is 6.07 Å². The minimum Gasteiger partial charge on any atom is -0.487 e. The molecule has 1 aliphatic heterocycles. The Bertz CT molecular complexity index is 420. The maximum atomic E-state index is 13.7. The lowest BCUT2D eigenvalue weighted by molar-refractivity contribution is -0.0331. The van der Waals surface area contributed by atoms with Crippen molar-refractivity contribution < 1.29 is 13.9 Å². The van der Waals surface area contributed by atoms with E-state index >= 15 is 0 Å².